The summed E-state index contributed by atoms with van der Waals surface area (Å²) in [7, 11) is 0. The van der Waals surface area contributed by atoms with E-state index in [-0.39, 0.29) is 0 Å². The number of nitrogen functional groups attached to an aromatic ring is 1. The van der Waals surface area contributed by atoms with E-state index in [2.05, 4.69) is 10.6 Å². The van der Waals surface area contributed by atoms with Crippen LogP contribution in [0.5, 0.6) is 0 Å². The summed E-state index contributed by atoms with van der Waals surface area (Å²) in [6.45, 7) is 1.26. The fourth-order valence-corrected chi connectivity index (χ4v) is 0.939. The Bertz CT molecular complexity index is 363. The summed E-state index contributed by atoms with van der Waals surface area (Å²) >= 11 is 0. The third kappa shape index (κ3) is 3.14. The minimum Gasteiger partial charge on any atom is -0.399 e. The summed E-state index contributed by atoms with van der Waals surface area (Å²) in [4.78, 5) is 21.6. The van der Waals surface area contributed by atoms with Crippen molar-refractivity contribution >= 4 is 23.3 Å². The van der Waals surface area contributed by atoms with Crippen molar-refractivity contribution in [2.75, 3.05) is 11.1 Å². The Balaban J connectivity index is 2.60. The molecule has 4 N–H and O–H groups in total. The summed E-state index contributed by atoms with van der Waals surface area (Å²) in [5.74, 6) is -0.411. The average molecular weight is 193 g/mol. The van der Waals surface area contributed by atoms with Gasteiger partial charge in [-0.25, -0.2) is 4.79 Å². The van der Waals surface area contributed by atoms with Crippen molar-refractivity contribution in [1.29, 1.82) is 0 Å². The zero-order valence-electron chi connectivity index (χ0n) is 7.70. The average Bonchev–Trinajstić information content (AvgIpc) is 2.01. The van der Waals surface area contributed by atoms with Crippen LogP contribution in [0.15, 0.2) is 24.3 Å². The van der Waals surface area contributed by atoms with Crippen LogP contribution in [-0.2, 0) is 4.79 Å². The number of hydrogen-bond donors (Lipinski definition) is 3. The first-order chi connectivity index (χ1) is 6.58. The maximum Gasteiger partial charge on any atom is 0.325 e. The molecular formula is C9H11N3O2. The van der Waals surface area contributed by atoms with Gasteiger partial charge in [-0.05, 0) is 18.2 Å². The van der Waals surface area contributed by atoms with Gasteiger partial charge >= 0.3 is 6.03 Å². The lowest BCUT2D eigenvalue weighted by atomic mass is 10.3. The molecule has 1 aromatic carbocycles. The summed E-state index contributed by atoms with van der Waals surface area (Å²) in [6, 6.07) is 6.12. The Morgan fingerprint density at radius 3 is 2.64 bits per heavy atom. The smallest absolute Gasteiger partial charge is 0.325 e. The van der Waals surface area contributed by atoms with Crippen LogP contribution in [0.1, 0.15) is 6.92 Å². The van der Waals surface area contributed by atoms with Crippen molar-refractivity contribution in [3.63, 3.8) is 0 Å². The molecular weight excluding hydrogens is 182 g/mol. The minimum atomic E-state index is -0.567. The van der Waals surface area contributed by atoms with E-state index in [1.165, 1.54) is 6.92 Å². The monoisotopic (exact) mass is 193 g/mol. The van der Waals surface area contributed by atoms with E-state index in [1.54, 1.807) is 24.3 Å². The molecule has 5 heteroatoms. The van der Waals surface area contributed by atoms with Crippen LogP contribution in [0.3, 0.4) is 0 Å². The molecule has 0 radical (unpaired) electrons. The third-order valence-electron chi connectivity index (χ3n) is 1.43. The van der Waals surface area contributed by atoms with Gasteiger partial charge in [0, 0.05) is 18.3 Å². The predicted octanol–water partition coefficient (Wildman–Crippen LogP) is 0.937. The predicted molar refractivity (Wildman–Crippen MR) is 53.7 cm³/mol. The van der Waals surface area contributed by atoms with Gasteiger partial charge in [-0.3, -0.25) is 10.1 Å². The molecule has 0 saturated carbocycles. The number of carbonyl (C=O) groups excluding carboxylic acids is 2. The lowest BCUT2D eigenvalue weighted by Crippen LogP contribution is -2.32. The second-order valence-corrected chi connectivity index (χ2v) is 2.76. The molecule has 0 aromatic heterocycles. The Morgan fingerprint density at radius 1 is 1.36 bits per heavy atom. The number of anilines is 2. The molecule has 0 aliphatic rings. The van der Waals surface area contributed by atoms with Crippen LogP contribution in [0.2, 0.25) is 0 Å². The Kier molecular flexibility index (Phi) is 3.06. The minimum absolute atomic E-state index is 0.411. The van der Waals surface area contributed by atoms with Crippen molar-refractivity contribution < 1.29 is 9.59 Å². The molecule has 1 rings (SSSR count). The van der Waals surface area contributed by atoms with E-state index in [0.29, 0.717) is 11.4 Å². The SMILES string of the molecule is CC(=O)NC(=O)Nc1cccc(N)c1. The molecule has 0 atom stereocenters. The lowest BCUT2D eigenvalue weighted by molar-refractivity contribution is -0.117. The highest BCUT2D eigenvalue weighted by Gasteiger charge is 2.02. The molecule has 0 aliphatic heterocycles. The van der Waals surface area contributed by atoms with Gasteiger partial charge in [0.2, 0.25) is 5.91 Å². The van der Waals surface area contributed by atoms with Crippen molar-refractivity contribution in [1.82, 2.24) is 5.32 Å². The molecule has 0 heterocycles. The molecule has 0 bridgehead atoms. The number of urea groups is 1. The number of rotatable bonds is 1. The molecule has 0 spiro atoms. The van der Waals surface area contributed by atoms with Crippen molar-refractivity contribution in [2.45, 2.75) is 6.92 Å². The first-order valence-corrected chi connectivity index (χ1v) is 4.02. The summed E-state index contributed by atoms with van der Waals surface area (Å²) < 4.78 is 0. The first kappa shape index (κ1) is 10.0. The van der Waals surface area contributed by atoms with Gasteiger partial charge in [-0.15, -0.1) is 0 Å². The second-order valence-electron chi connectivity index (χ2n) is 2.76. The number of nitrogens with one attached hydrogen (secondary N) is 2. The van der Waals surface area contributed by atoms with Crippen molar-refractivity contribution in [3.05, 3.63) is 24.3 Å². The quantitative estimate of drug-likeness (QED) is 0.580. The first-order valence-electron chi connectivity index (χ1n) is 4.02. The summed E-state index contributed by atoms with van der Waals surface area (Å²) in [5, 5.41) is 4.54. The second kappa shape index (κ2) is 4.27. The number of hydrogen-bond acceptors (Lipinski definition) is 3. The molecule has 0 fully saturated rings. The van der Waals surface area contributed by atoms with Gasteiger partial charge in [0.1, 0.15) is 0 Å². The van der Waals surface area contributed by atoms with E-state index < -0.39 is 11.9 Å². The van der Waals surface area contributed by atoms with Crippen LogP contribution in [-0.4, -0.2) is 11.9 Å². The number of nitrogens with two attached hydrogens (primary N) is 1. The molecule has 0 saturated heterocycles. The number of imide groups is 1. The fraction of sp³-hybridized carbons (Fsp3) is 0.111. The summed E-state index contributed by atoms with van der Waals surface area (Å²) in [6.07, 6.45) is 0. The largest absolute Gasteiger partial charge is 0.399 e. The van der Waals surface area contributed by atoms with Gasteiger partial charge in [0.05, 0.1) is 0 Å². The number of carbonyl (C=O) groups is 2. The van der Waals surface area contributed by atoms with Crippen molar-refractivity contribution in [2.24, 2.45) is 0 Å². The van der Waals surface area contributed by atoms with Gasteiger partial charge in [-0.2, -0.15) is 0 Å². The standard InChI is InChI=1S/C9H11N3O2/c1-6(13)11-9(14)12-8-4-2-3-7(10)5-8/h2-5H,10H2,1H3,(H2,11,12,13,14). The molecule has 74 valence electrons. The number of amides is 3. The molecule has 0 unspecified atom stereocenters. The highest BCUT2D eigenvalue weighted by molar-refractivity contribution is 6.00. The fourth-order valence-electron chi connectivity index (χ4n) is 0.939. The van der Waals surface area contributed by atoms with Gasteiger partial charge in [0.25, 0.3) is 0 Å². The van der Waals surface area contributed by atoms with E-state index in [9.17, 15) is 9.59 Å². The van der Waals surface area contributed by atoms with Gasteiger partial charge in [0.15, 0.2) is 0 Å². The maximum absolute atomic E-state index is 11.1. The molecule has 14 heavy (non-hydrogen) atoms. The van der Waals surface area contributed by atoms with Crippen LogP contribution in [0.25, 0.3) is 0 Å². The molecule has 1 aromatic rings. The van der Waals surface area contributed by atoms with Gasteiger partial charge < -0.3 is 11.1 Å². The van der Waals surface area contributed by atoms with E-state index >= 15 is 0 Å². The number of benzene rings is 1. The van der Waals surface area contributed by atoms with Gasteiger partial charge in [-0.1, -0.05) is 6.07 Å². The van der Waals surface area contributed by atoms with Crippen LogP contribution < -0.4 is 16.4 Å². The Morgan fingerprint density at radius 2 is 2.07 bits per heavy atom. The maximum atomic E-state index is 11.1. The van der Waals surface area contributed by atoms with E-state index in [1.807, 2.05) is 0 Å². The van der Waals surface area contributed by atoms with Crippen LogP contribution in [0.4, 0.5) is 16.2 Å². The zero-order valence-corrected chi connectivity index (χ0v) is 7.70. The lowest BCUT2D eigenvalue weighted by Gasteiger charge is -2.04. The topological polar surface area (TPSA) is 84.2 Å². The molecule has 0 aliphatic carbocycles. The van der Waals surface area contributed by atoms with Crippen LogP contribution in [0, 0.1) is 0 Å². The molecule has 3 amide bonds. The highest BCUT2D eigenvalue weighted by Crippen LogP contribution is 2.11. The molecule has 5 nitrogen and oxygen atoms in total. The van der Waals surface area contributed by atoms with E-state index in [0.717, 1.165) is 0 Å². The van der Waals surface area contributed by atoms with Crippen molar-refractivity contribution in [3.8, 4) is 0 Å². The summed E-state index contributed by atoms with van der Waals surface area (Å²) in [5.41, 5.74) is 6.59. The normalized spacial score (nSPS) is 9.21. The highest BCUT2D eigenvalue weighted by atomic mass is 16.2. The third-order valence-corrected chi connectivity index (χ3v) is 1.43. The Labute approximate surface area is 81.3 Å². The Hall–Kier alpha value is -2.04. The van der Waals surface area contributed by atoms with Crippen LogP contribution >= 0.6 is 0 Å². The van der Waals surface area contributed by atoms with E-state index in [4.69, 9.17) is 5.73 Å². The zero-order chi connectivity index (χ0) is 10.6.